The molecule has 3 rings (SSSR count). The number of rotatable bonds is 9. The van der Waals surface area contributed by atoms with Crippen LogP contribution in [0, 0.1) is 0 Å². The van der Waals surface area contributed by atoms with E-state index in [1.54, 1.807) is 25.1 Å². The van der Waals surface area contributed by atoms with E-state index in [9.17, 15) is 18.0 Å². The lowest BCUT2D eigenvalue weighted by molar-refractivity contribution is -0.140. The van der Waals surface area contributed by atoms with Crippen LogP contribution in [0.15, 0.2) is 47.4 Å². The number of nitrogens with one attached hydrogen (secondary N) is 1. The third-order valence-corrected chi connectivity index (χ3v) is 8.76. The largest absolute Gasteiger partial charge is 0.352 e. The van der Waals surface area contributed by atoms with Crippen LogP contribution in [-0.4, -0.2) is 55.1 Å². The number of hydrogen-bond donors (Lipinski definition) is 1. The van der Waals surface area contributed by atoms with Crippen molar-refractivity contribution in [3.8, 4) is 0 Å². The lowest BCUT2D eigenvalue weighted by Gasteiger charge is -2.31. The highest BCUT2D eigenvalue weighted by atomic mass is 35.5. The van der Waals surface area contributed by atoms with Gasteiger partial charge in [0.2, 0.25) is 21.8 Å². The summed E-state index contributed by atoms with van der Waals surface area (Å²) in [6.45, 7) is 1.18. The summed E-state index contributed by atoms with van der Waals surface area (Å²) in [7, 11) is -2.63. The van der Waals surface area contributed by atoms with Crippen LogP contribution < -0.4 is 5.32 Å². The minimum atomic E-state index is -3.95. The van der Waals surface area contributed by atoms with Gasteiger partial charge in [-0.25, -0.2) is 8.42 Å². The lowest BCUT2D eigenvalue weighted by atomic mass is 10.1. The van der Waals surface area contributed by atoms with Gasteiger partial charge in [-0.15, -0.1) is 0 Å². The summed E-state index contributed by atoms with van der Waals surface area (Å²) < 4.78 is 26.9. The van der Waals surface area contributed by atoms with Crippen molar-refractivity contribution in [1.29, 1.82) is 0 Å². The molecular weight excluding hydrogens is 533 g/mol. The molecule has 0 spiro atoms. The molecule has 0 saturated heterocycles. The van der Waals surface area contributed by atoms with Crippen molar-refractivity contribution in [2.45, 2.75) is 56.1 Å². The summed E-state index contributed by atoms with van der Waals surface area (Å²) in [5, 5.41) is 4.20. The molecule has 7 nitrogen and oxygen atoms in total. The second-order valence-electron chi connectivity index (χ2n) is 8.64. The molecule has 0 heterocycles. The summed E-state index contributed by atoms with van der Waals surface area (Å²) in [5.74, 6) is -0.830. The smallest absolute Gasteiger partial charge is 0.243 e. The maximum absolute atomic E-state index is 13.4. The van der Waals surface area contributed by atoms with Gasteiger partial charge in [-0.3, -0.25) is 9.59 Å². The Morgan fingerprint density at radius 3 is 2.23 bits per heavy atom. The minimum absolute atomic E-state index is 0.0107. The molecule has 0 unspecified atom stereocenters. The molecule has 1 aliphatic carbocycles. The summed E-state index contributed by atoms with van der Waals surface area (Å²) in [6.07, 6.45) is 3.90. The second-order valence-corrected chi connectivity index (χ2v) is 12.0. The van der Waals surface area contributed by atoms with Gasteiger partial charge in [0.05, 0.1) is 11.4 Å². The van der Waals surface area contributed by atoms with Crippen molar-refractivity contribution >= 4 is 56.6 Å². The SMILES string of the molecule is C[C@@H](C(=O)NC1CCCC1)N(Cc1ccc(Cl)cc1Cl)C(=O)CN(C)S(=O)(=O)c1ccc(Cl)cc1. The van der Waals surface area contributed by atoms with E-state index < -0.39 is 28.5 Å². The molecule has 2 aromatic carbocycles. The molecule has 2 amide bonds. The van der Waals surface area contributed by atoms with E-state index in [0.717, 1.165) is 30.0 Å². The minimum Gasteiger partial charge on any atom is -0.352 e. The van der Waals surface area contributed by atoms with Crippen molar-refractivity contribution in [3.63, 3.8) is 0 Å². The highest BCUT2D eigenvalue weighted by Crippen LogP contribution is 2.24. The van der Waals surface area contributed by atoms with Crippen molar-refractivity contribution in [3.05, 3.63) is 63.1 Å². The topological polar surface area (TPSA) is 86.8 Å². The van der Waals surface area contributed by atoms with Crippen LogP contribution in [0.1, 0.15) is 38.2 Å². The van der Waals surface area contributed by atoms with E-state index >= 15 is 0 Å². The van der Waals surface area contributed by atoms with Gasteiger partial charge in [0, 0.05) is 34.7 Å². The van der Waals surface area contributed by atoms with Gasteiger partial charge in [0.1, 0.15) is 6.04 Å². The highest BCUT2D eigenvalue weighted by Gasteiger charge is 2.31. The number of sulfonamides is 1. The molecule has 1 atom stereocenters. The van der Waals surface area contributed by atoms with Gasteiger partial charge in [0.25, 0.3) is 0 Å². The fourth-order valence-corrected chi connectivity index (χ4v) is 5.68. The van der Waals surface area contributed by atoms with Crippen LogP contribution in [0.5, 0.6) is 0 Å². The van der Waals surface area contributed by atoms with E-state index in [4.69, 9.17) is 34.8 Å². The number of hydrogen-bond acceptors (Lipinski definition) is 4. The van der Waals surface area contributed by atoms with Crippen molar-refractivity contribution in [2.24, 2.45) is 0 Å². The summed E-state index contributed by atoms with van der Waals surface area (Å²) in [6, 6.07) is 9.80. The number of benzene rings is 2. The molecule has 190 valence electrons. The Balaban J connectivity index is 1.82. The van der Waals surface area contributed by atoms with Crippen LogP contribution >= 0.6 is 34.8 Å². The number of amides is 2. The zero-order valence-corrected chi connectivity index (χ0v) is 22.6. The molecule has 1 aliphatic rings. The molecule has 0 aliphatic heterocycles. The Bertz CT molecular complexity index is 1170. The molecule has 0 radical (unpaired) electrons. The summed E-state index contributed by atoms with van der Waals surface area (Å²) >= 11 is 18.2. The quantitative estimate of drug-likeness (QED) is 0.480. The van der Waals surface area contributed by atoms with Crippen LogP contribution in [0.2, 0.25) is 15.1 Å². The normalized spacial score (nSPS) is 15.3. The first kappa shape index (κ1) is 27.7. The molecule has 1 saturated carbocycles. The van der Waals surface area contributed by atoms with Gasteiger partial charge in [0.15, 0.2) is 0 Å². The predicted molar refractivity (Wildman–Crippen MR) is 138 cm³/mol. The summed E-state index contributed by atoms with van der Waals surface area (Å²) in [5.41, 5.74) is 0.591. The monoisotopic (exact) mass is 559 g/mol. The van der Waals surface area contributed by atoms with E-state index in [0.29, 0.717) is 20.6 Å². The Kier molecular flexibility index (Phi) is 9.46. The maximum atomic E-state index is 13.4. The first-order valence-electron chi connectivity index (χ1n) is 11.2. The molecule has 1 fully saturated rings. The van der Waals surface area contributed by atoms with Gasteiger partial charge < -0.3 is 10.2 Å². The Hall–Kier alpha value is -1.84. The lowest BCUT2D eigenvalue weighted by Crippen LogP contribution is -2.52. The predicted octanol–water partition coefficient (Wildman–Crippen LogP) is 4.74. The average Bonchev–Trinajstić information content (AvgIpc) is 3.31. The van der Waals surface area contributed by atoms with Gasteiger partial charge in [-0.05, 0) is 61.7 Å². The first-order valence-corrected chi connectivity index (χ1v) is 13.8. The maximum Gasteiger partial charge on any atom is 0.243 e. The number of nitrogens with zero attached hydrogens (tertiary/aromatic N) is 2. The van der Waals surface area contributed by atoms with Crippen LogP contribution in [0.4, 0.5) is 0 Å². The van der Waals surface area contributed by atoms with Gasteiger partial charge >= 0.3 is 0 Å². The van der Waals surface area contributed by atoms with E-state index in [1.165, 1.54) is 36.2 Å². The van der Waals surface area contributed by atoms with E-state index in [2.05, 4.69) is 5.32 Å². The number of likely N-dealkylation sites (N-methyl/N-ethyl adjacent to an activating group) is 1. The third-order valence-electron chi connectivity index (χ3n) is 6.10. The van der Waals surface area contributed by atoms with Crippen LogP contribution in [-0.2, 0) is 26.2 Å². The molecule has 1 N–H and O–H groups in total. The Morgan fingerprint density at radius 1 is 1.03 bits per heavy atom. The molecule has 11 heteroatoms. The molecular formula is C24H28Cl3N3O4S. The van der Waals surface area contributed by atoms with E-state index in [-0.39, 0.29) is 23.4 Å². The Labute approximate surface area is 221 Å². The number of carbonyl (C=O) groups is 2. The number of carbonyl (C=O) groups excluding carboxylic acids is 2. The molecule has 0 bridgehead atoms. The Morgan fingerprint density at radius 2 is 1.63 bits per heavy atom. The zero-order valence-electron chi connectivity index (χ0n) is 19.5. The average molecular weight is 561 g/mol. The second kappa shape index (κ2) is 11.9. The van der Waals surface area contributed by atoms with Crippen molar-refractivity contribution in [1.82, 2.24) is 14.5 Å². The standard InChI is InChI=1S/C24H28Cl3N3O4S/c1-16(24(32)28-20-5-3-4-6-20)30(14-17-7-8-19(26)13-22(17)27)23(31)15-29(2)35(33,34)21-11-9-18(25)10-12-21/h7-13,16,20H,3-6,14-15H2,1-2H3,(H,28,32)/t16-/m0/s1. The van der Waals surface area contributed by atoms with Crippen molar-refractivity contribution < 1.29 is 18.0 Å². The molecule has 35 heavy (non-hydrogen) atoms. The molecule has 0 aromatic heterocycles. The van der Waals surface area contributed by atoms with Gasteiger partial charge in [-0.1, -0.05) is 53.7 Å². The van der Waals surface area contributed by atoms with Crippen molar-refractivity contribution in [2.75, 3.05) is 13.6 Å². The van der Waals surface area contributed by atoms with Crippen LogP contribution in [0.3, 0.4) is 0 Å². The fraction of sp³-hybridized carbons (Fsp3) is 0.417. The van der Waals surface area contributed by atoms with E-state index in [1.807, 2.05) is 0 Å². The third kappa shape index (κ3) is 7.11. The first-order chi connectivity index (χ1) is 16.5. The highest BCUT2D eigenvalue weighted by molar-refractivity contribution is 7.89. The zero-order chi connectivity index (χ0) is 25.8. The summed E-state index contributed by atoms with van der Waals surface area (Å²) in [4.78, 5) is 27.8. The fourth-order valence-electron chi connectivity index (χ4n) is 3.96. The van der Waals surface area contributed by atoms with Gasteiger partial charge in [-0.2, -0.15) is 4.31 Å². The molecule has 2 aromatic rings. The number of halogens is 3. The van der Waals surface area contributed by atoms with Crippen LogP contribution in [0.25, 0.3) is 0 Å².